The highest BCUT2D eigenvalue weighted by atomic mass is 16.6. The molecule has 1 unspecified atom stereocenters. The van der Waals surface area contributed by atoms with E-state index >= 15 is 0 Å². The van der Waals surface area contributed by atoms with E-state index in [1.807, 2.05) is 0 Å². The molecule has 0 amide bonds. The summed E-state index contributed by atoms with van der Waals surface area (Å²) in [5.74, 6) is -0.907. The highest BCUT2D eigenvalue weighted by Gasteiger charge is 2.19. The first-order valence-corrected chi connectivity index (χ1v) is 29.6. The molecule has 0 bridgehead atoms. The van der Waals surface area contributed by atoms with E-state index in [9.17, 15) is 14.4 Å². The number of hydrogen-bond acceptors (Lipinski definition) is 6. The second-order valence-electron chi connectivity index (χ2n) is 19.9. The molecule has 0 aliphatic heterocycles. The molecule has 1 atom stereocenters. The van der Waals surface area contributed by atoms with Crippen molar-refractivity contribution in [1.29, 1.82) is 0 Å². The minimum atomic E-state index is -0.787. The molecule has 0 heterocycles. The molecule has 396 valence electrons. The molecule has 0 N–H and O–H groups in total. The summed E-state index contributed by atoms with van der Waals surface area (Å²) in [5.41, 5.74) is 0. The number of ether oxygens (including phenoxy) is 3. The zero-order chi connectivity index (χ0) is 49.3. The SMILES string of the molecule is CC/C=C\C/C=C\C/C=C\CCCCCC(=O)OCC(COC(=O)CCCCCCCCCCCCCCCCCCCCCCCC)OC(=O)CCCCCCC/C=C\CCCCCCCC. The number of carbonyl (C=O) groups excluding carboxylic acids is 3. The molecule has 0 aromatic carbocycles. The van der Waals surface area contributed by atoms with Gasteiger partial charge >= 0.3 is 17.9 Å². The van der Waals surface area contributed by atoms with Crippen molar-refractivity contribution >= 4 is 17.9 Å². The molecule has 6 heteroatoms. The fourth-order valence-corrected chi connectivity index (χ4v) is 8.63. The minimum Gasteiger partial charge on any atom is -0.462 e. The lowest BCUT2D eigenvalue weighted by Crippen LogP contribution is -2.30. The van der Waals surface area contributed by atoms with Crippen molar-refractivity contribution in [1.82, 2.24) is 0 Å². The summed E-state index contributed by atoms with van der Waals surface area (Å²) in [4.78, 5) is 38.1. The van der Waals surface area contributed by atoms with E-state index in [1.54, 1.807) is 0 Å². The fourth-order valence-electron chi connectivity index (χ4n) is 8.63. The highest BCUT2D eigenvalue weighted by molar-refractivity contribution is 5.71. The van der Waals surface area contributed by atoms with Gasteiger partial charge in [-0.05, 0) is 77.0 Å². The average Bonchev–Trinajstić information content (AvgIpc) is 3.34. The quantitative estimate of drug-likeness (QED) is 0.0262. The predicted octanol–water partition coefficient (Wildman–Crippen LogP) is 19.8. The van der Waals surface area contributed by atoms with Crippen molar-refractivity contribution in [2.75, 3.05) is 13.2 Å². The van der Waals surface area contributed by atoms with Crippen LogP contribution in [0.4, 0.5) is 0 Å². The third kappa shape index (κ3) is 54.3. The molecule has 68 heavy (non-hydrogen) atoms. The Bertz CT molecular complexity index is 1190. The minimum absolute atomic E-state index is 0.0828. The Hall–Kier alpha value is -2.63. The van der Waals surface area contributed by atoms with Crippen LogP contribution in [0.25, 0.3) is 0 Å². The predicted molar refractivity (Wildman–Crippen MR) is 293 cm³/mol. The summed E-state index contributed by atoms with van der Waals surface area (Å²) in [7, 11) is 0. The van der Waals surface area contributed by atoms with Crippen LogP contribution in [0.5, 0.6) is 0 Å². The third-order valence-electron chi connectivity index (χ3n) is 13.1. The number of unbranched alkanes of at least 4 members (excludes halogenated alkanes) is 35. The normalized spacial score (nSPS) is 12.3. The summed E-state index contributed by atoms with van der Waals surface area (Å²) in [6, 6.07) is 0. The van der Waals surface area contributed by atoms with Gasteiger partial charge in [-0.2, -0.15) is 0 Å². The number of esters is 3. The second kappa shape index (κ2) is 57.0. The van der Waals surface area contributed by atoms with E-state index in [1.165, 1.54) is 173 Å². The monoisotopic (exact) mass is 953 g/mol. The first-order chi connectivity index (χ1) is 33.5. The summed E-state index contributed by atoms with van der Waals surface area (Å²) < 4.78 is 16.8. The van der Waals surface area contributed by atoms with Crippen LogP contribution in [-0.4, -0.2) is 37.2 Å². The second-order valence-corrected chi connectivity index (χ2v) is 19.9. The van der Waals surface area contributed by atoms with E-state index in [2.05, 4.69) is 69.4 Å². The van der Waals surface area contributed by atoms with Gasteiger partial charge in [-0.15, -0.1) is 0 Å². The number of allylic oxidation sites excluding steroid dienone is 8. The van der Waals surface area contributed by atoms with E-state index in [4.69, 9.17) is 14.2 Å². The van der Waals surface area contributed by atoms with Crippen LogP contribution in [0.2, 0.25) is 0 Å². The van der Waals surface area contributed by atoms with E-state index in [0.717, 1.165) is 96.3 Å². The van der Waals surface area contributed by atoms with Crippen molar-refractivity contribution in [3.05, 3.63) is 48.6 Å². The Morgan fingerprint density at radius 3 is 0.926 bits per heavy atom. The van der Waals surface area contributed by atoms with E-state index < -0.39 is 6.10 Å². The number of rotatable bonds is 54. The smallest absolute Gasteiger partial charge is 0.306 e. The van der Waals surface area contributed by atoms with E-state index in [0.29, 0.717) is 19.3 Å². The molecule has 0 saturated heterocycles. The molecule has 0 aromatic heterocycles. The lowest BCUT2D eigenvalue weighted by molar-refractivity contribution is -0.167. The molecule has 0 aliphatic carbocycles. The molecule has 6 nitrogen and oxygen atoms in total. The molecular weight excluding hydrogens is 841 g/mol. The molecule has 0 aliphatic rings. The maximum absolute atomic E-state index is 12.8. The lowest BCUT2D eigenvalue weighted by atomic mass is 10.0. The maximum atomic E-state index is 12.8. The molecule has 0 radical (unpaired) electrons. The standard InChI is InChI=1S/C62H112O6/c1-4-7-10-13-16-19-22-25-27-28-29-30-31-32-33-35-37-40-43-46-49-52-55-61(64)67-58-59(57-66-60(63)54-51-48-45-42-39-36-24-21-18-15-12-9-6-3)68-62(65)56-53-50-47-44-41-38-34-26-23-20-17-14-11-8-5-2/h9,12,18,21,26,34,36,39,59H,4-8,10-11,13-17,19-20,22-25,27-33,35,37-38,40-58H2,1-3H3/b12-9-,21-18-,34-26-,39-36-. The van der Waals surface area contributed by atoms with Crippen LogP contribution < -0.4 is 0 Å². The maximum Gasteiger partial charge on any atom is 0.306 e. The van der Waals surface area contributed by atoms with Gasteiger partial charge in [0.15, 0.2) is 6.10 Å². The molecule has 0 fully saturated rings. The van der Waals surface area contributed by atoms with Crippen molar-refractivity contribution in [3.8, 4) is 0 Å². The molecule has 0 rings (SSSR count). The summed E-state index contributed by atoms with van der Waals surface area (Å²) >= 11 is 0. The van der Waals surface area contributed by atoms with Crippen LogP contribution >= 0.6 is 0 Å². The van der Waals surface area contributed by atoms with Gasteiger partial charge in [-0.1, -0.05) is 262 Å². The van der Waals surface area contributed by atoms with Crippen molar-refractivity contribution < 1.29 is 28.6 Å². The van der Waals surface area contributed by atoms with Crippen LogP contribution in [0.15, 0.2) is 48.6 Å². The van der Waals surface area contributed by atoms with Gasteiger partial charge in [0, 0.05) is 19.3 Å². The lowest BCUT2D eigenvalue weighted by Gasteiger charge is -2.18. The van der Waals surface area contributed by atoms with Gasteiger partial charge in [0.1, 0.15) is 13.2 Å². The molecule has 0 spiro atoms. The van der Waals surface area contributed by atoms with Crippen molar-refractivity contribution in [2.24, 2.45) is 0 Å². The van der Waals surface area contributed by atoms with Gasteiger partial charge in [-0.3, -0.25) is 14.4 Å². The van der Waals surface area contributed by atoms with Crippen LogP contribution in [0.1, 0.15) is 310 Å². The zero-order valence-corrected chi connectivity index (χ0v) is 45.4. The average molecular weight is 954 g/mol. The Morgan fingerprint density at radius 1 is 0.309 bits per heavy atom. The van der Waals surface area contributed by atoms with Gasteiger partial charge in [0.2, 0.25) is 0 Å². The summed E-state index contributed by atoms with van der Waals surface area (Å²) in [5, 5.41) is 0. The Labute approximate surface area is 422 Å². The van der Waals surface area contributed by atoms with Crippen molar-refractivity contribution in [2.45, 2.75) is 316 Å². The van der Waals surface area contributed by atoms with Gasteiger partial charge in [0.25, 0.3) is 0 Å². The van der Waals surface area contributed by atoms with Crippen molar-refractivity contribution in [3.63, 3.8) is 0 Å². The largest absolute Gasteiger partial charge is 0.462 e. The molecular formula is C62H112O6. The Kier molecular flexibility index (Phi) is 54.8. The Morgan fingerprint density at radius 2 is 0.574 bits per heavy atom. The molecule has 0 saturated carbocycles. The van der Waals surface area contributed by atoms with E-state index in [-0.39, 0.29) is 31.1 Å². The Balaban J connectivity index is 4.30. The highest BCUT2D eigenvalue weighted by Crippen LogP contribution is 2.17. The summed E-state index contributed by atoms with van der Waals surface area (Å²) in [6.45, 7) is 6.53. The first-order valence-electron chi connectivity index (χ1n) is 29.6. The summed E-state index contributed by atoms with van der Waals surface area (Å²) in [6.07, 6.45) is 69.7. The third-order valence-corrected chi connectivity index (χ3v) is 13.1. The fraction of sp³-hybridized carbons (Fsp3) is 0.823. The van der Waals surface area contributed by atoms with Crippen LogP contribution in [0.3, 0.4) is 0 Å². The topological polar surface area (TPSA) is 78.9 Å². The van der Waals surface area contributed by atoms with Crippen LogP contribution in [-0.2, 0) is 28.6 Å². The van der Waals surface area contributed by atoms with Gasteiger partial charge < -0.3 is 14.2 Å². The first kappa shape index (κ1) is 65.4. The number of carbonyl (C=O) groups is 3. The van der Waals surface area contributed by atoms with Crippen LogP contribution in [0, 0.1) is 0 Å². The molecule has 0 aromatic rings. The zero-order valence-electron chi connectivity index (χ0n) is 45.4. The van der Waals surface area contributed by atoms with Gasteiger partial charge in [-0.25, -0.2) is 0 Å². The van der Waals surface area contributed by atoms with Gasteiger partial charge in [0.05, 0.1) is 0 Å². The number of hydrogen-bond donors (Lipinski definition) is 0.